The Labute approximate surface area is 129 Å². The molecule has 2 aromatic rings. The van der Waals surface area contributed by atoms with E-state index in [1.165, 1.54) is 0 Å². The second-order valence-corrected chi connectivity index (χ2v) is 5.15. The summed E-state index contributed by atoms with van der Waals surface area (Å²) in [6, 6.07) is 11.3. The molecule has 1 atom stereocenters. The van der Waals surface area contributed by atoms with Crippen molar-refractivity contribution in [2.75, 3.05) is 6.61 Å². The van der Waals surface area contributed by atoms with Gasteiger partial charge in [0.05, 0.1) is 6.61 Å². The standard InChI is InChI=1S/C17H19ClO3/c1-3-7-16(17(19)20-4-2)21-15-11-10-14(18)12-8-5-6-9-13(12)15/h5-6,8-11,16H,3-4,7H2,1-2H3. The van der Waals surface area contributed by atoms with Gasteiger partial charge in [0.2, 0.25) is 0 Å². The van der Waals surface area contributed by atoms with Crippen LogP contribution in [0.4, 0.5) is 0 Å². The second kappa shape index (κ2) is 7.32. The predicted molar refractivity (Wildman–Crippen MR) is 84.9 cm³/mol. The summed E-state index contributed by atoms with van der Waals surface area (Å²) in [5, 5.41) is 2.48. The molecule has 0 heterocycles. The maximum absolute atomic E-state index is 12.0. The molecule has 0 aromatic heterocycles. The molecule has 1 unspecified atom stereocenters. The van der Waals surface area contributed by atoms with E-state index in [2.05, 4.69) is 0 Å². The molecular weight excluding hydrogens is 288 g/mol. The molecule has 0 saturated carbocycles. The zero-order chi connectivity index (χ0) is 15.2. The molecule has 0 N–H and O–H groups in total. The Balaban J connectivity index is 2.32. The summed E-state index contributed by atoms with van der Waals surface area (Å²) in [6.45, 7) is 4.15. The molecule has 2 rings (SSSR count). The van der Waals surface area contributed by atoms with Crippen molar-refractivity contribution in [1.82, 2.24) is 0 Å². The Kier molecular flexibility index (Phi) is 5.45. The third-order valence-electron chi connectivity index (χ3n) is 3.20. The highest BCUT2D eigenvalue weighted by Gasteiger charge is 2.21. The number of fused-ring (bicyclic) bond motifs is 1. The van der Waals surface area contributed by atoms with Crippen LogP contribution in [0.2, 0.25) is 5.02 Å². The van der Waals surface area contributed by atoms with Gasteiger partial charge in [0, 0.05) is 15.8 Å². The number of rotatable bonds is 6. The highest BCUT2D eigenvalue weighted by atomic mass is 35.5. The molecular formula is C17H19ClO3. The van der Waals surface area contributed by atoms with Crippen molar-refractivity contribution in [3.63, 3.8) is 0 Å². The van der Waals surface area contributed by atoms with Gasteiger partial charge >= 0.3 is 5.97 Å². The normalized spacial score (nSPS) is 12.1. The molecule has 0 radical (unpaired) electrons. The van der Waals surface area contributed by atoms with Crippen LogP contribution in [0, 0.1) is 0 Å². The van der Waals surface area contributed by atoms with Gasteiger partial charge in [-0.1, -0.05) is 49.2 Å². The fraction of sp³-hybridized carbons (Fsp3) is 0.353. The van der Waals surface area contributed by atoms with E-state index in [0.717, 1.165) is 17.2 Å². The Hall–Kier alpha value is -1.74. The lowest BCUT2D eigenvalue weighted by Gasteiger charge is -2.18. The van der Waals surface area contributed by atoms with Gasteiger partial charge in [-0.3, -0.25) is 0 Å². The van der Waals surface area contributed by atoms with Gasteiger partial charge in [-0.25, -0.2) is 4.79 Å². The topological polar surface area (TPSA) is 35.5 Å². The van der Waals surface area contributed by atoms with Crippen molar-refractivity contribution in [2.45, 2.75) is 32.8 Å². The minimum absolute atomic E-state index is 0.321. The van der Waals surface area contributed by atoms with Crippen LogP contribution in [0.3, 0.4) is 0 Å². The molecule has 0 amide bonds. The van der Waals surface area contributed by atoms with Crippen LogP contribution in [0.1, 0.15) is 26.7 Å². The molecule has 4 heteroatoms. The number of carbonyl (C=O) groups excluding carboxylic acids is 1. The van der Waals surface area contributed by atoms with Crippen LogP contribution in [0.25, 0.3) is 10.8 Å². The lowest BCUT2D eigenvalue weighted by atomic mass is 10.1. The molecule has 0 spiro atoms. The van der Waals surface area contributed by atoms with Crippen LogP contribution in [0.5, 0.6) is 5.75 Å². The van der Waals surface area contributed by atoms with Crippen LogP contribution < -0.4 is 4.74 Å². The number of halogens is 1. The third kappa shape index (κ3) is 3.67. The van der Waals surface area contributed by atoms with Crippen molar-refractivity contribution < 1.29 is 14.3 Å². The van der Waals surface area contributed by atoms with E-state index in [4.69, 9.17) is 21.1 Å². The largest absolute Gasteiger partial charge is 0.478 e. The van der Waals surface area contributed by atoms with Gasteiger partial charge in [-0.15, -0.1) is 0 Å². The van der Waals surface area contributed by atoms with E-state index in [1.54, 1.807) is 19.1 Å². The average molecular weight is 307 g/mol. The fourth-order valence-corrected chi connectivity index (χ4v) is 2.44. The number of esters is 1. The summed E-state index contributed by atoms with van der Waals surface area (Å²) in [5.41, 5.74) is 0. The zero-order valence-electron chi connectivity index (χ0n) is 12.3. The van der Waals surface area contributed by atoms with Gasteiger partial charge in [-0.05, 0) is 25.5 Å². The molecule has 0 aliphatic heterocycles. The van der Waals surface area contributed by atoms with E-state index in [9.17, 15) is 4.79 Å². The number of carbonyl (C=O) groups is 1. The minimum atomic E-state index is -0.584. The van der Waals surface area contributed by atoms with Crippen molar-refractivity contribution in [3.05, 3.63) is 41.4 Å². The maximum Gasteiger partial charge on any atom is 0.347 e. The van der Waals surface area contributed by atoms with Gasteiger partial charge < -0.3 is 9.47 Å². The first-order valence-electron chi connectivity index (χ1n) is 7.17. The highest BCUT2D eigenvalue weighted by Crippen LogP contribution is 2.32. The fourth-order valence-electron chi connectivity index (χ4n) is 2.21. The number of hydrogen-bond acceptors (Lipinski definition) is 3. The molecule has 0 aliphatic rings. The minimum Gasteiger partial charge on any atom is -0.478 e. The molecule has 2 aromatic carbocycles. The molecule has 0 fully saturated rings. The van der Waals surface area contributed by atoms with Gasteiger partial charge in [0.25, 0.3) is 0 Å². The lowest BCUT2D eigenvalue weighted by molar-refractivity contribution is -0.151. The van der Waals surface area contributed by atoms with Crippen LogP contribution in [-0.4, -0.2) is 18.7 Å². The SMILES string of the molecule is CCCC(Oc1ccc(Cl)c2ccccc12)C(=O)OCC. The maximum atomic E-state index is 12.0. The summed E-state index contributed by atoms with van der Waals surface area (Å²) in [5.74, 6) is 0.333. The third-order valence-corrected chi connectivity index (χ3v) is 3.53. The zero-order valence-corrected chi connectivity index (χ0v) is 13.0. The first kappa shape index (κ1) is 15.6. The van der Waals surface area contributed by atoms with Gasteiger partial charge in [0.15, 0.2) is 6.10 Å². The molecule has 112 valence electrons. The molecule has 21 heavy (non-hydrogen) atoms. The Bertz CT molecular complexity index is 624. The molecule has 0 saturated heterocycles. The van der Waals surface area contributed by atoms with Crippen molar-refractivity contribution in [1.29, 1.82) is 0 Å². The van der Waals surface area contributed by atoms with Crippen molar-refractivity contribution in [3.8, 4) is 5.75 Å². The summed E-state index contributed by atoms with van der Waals surface area (Å²) in [4.78, 5) is 12.0. The van der Waals surface area contributed by atoms with Crippen LogP contribution in [-0.2, 0) is 9.53 Å². The quantitative estimate of drug-likeness (QED) is 0.731. The monoisotopic (exact) mass is 306 g/mol. The highest BCUT2D eigenvalue weighted by molar-refractivity contribution is 6.35. The van der Waals surface area contributed by atoms with E-state index in [-0.39, 0.29) is 5.97 Å². The number of hydrogen-bond donors (Lipinski definition) is 0. The van der Waals surface area contributed by atoms with Crippen molar-refractivity contribution in [2.24, 2.45) is 0 Å². The second-order valence-electron chi connectivity index (χ2n) is 4.74. The van der Waals surface area contributed by atoms with E-state index >= 15 is 0 Å². The van der Waals surface area contributed by atoms with Crippen LogP contribution >= 0.6 is 11.6 Å². The Morgan fingerprint density at radius 2 is 1.86 bits per heavy atom. The Morgan fingerprint density at radius 1 is 1.14 bits per heavy atom. The first-order valence-corrected chi connectivity index (χ1v) is 7.55. The smallest absolute Gasteiger partial charge is 0.347 e. The predicted octanol–water partition coefficient (Wildman–Crippen LogP) is 4.60. The van der Waals surface area contributed by atoms with E-state index in [0.29, 0.717) is 23.8 Å². The summed E-state index contributed by atoms with van der Waals surface area (Å²) in [7, 11) is 0. The molecule has 3 nitrogen and oxygen atoms in total. The number of ether oxygens (including phenoxy) is 2. The number of benzene rings is 2. The van der Waals surface area contributed by atoms with E-state index in [1.807, 2.05) is 31.2 Å². The average Bonchev–Trinajstić information content (AvgIpc) is 2.50. The van der Waals surface area contributed by atoms with Gasteiger partial charge in [0.1, 0.15) is 5.75 Å². The Morgan fingerprint density at radius 3 is 2.52 bits per heavy atom. The van der Waals surface area contributed by atoms with E-state index < -0.39 is 6.10 Å². The van der Waals surface area contributed by atoms with Crippen LogP contribution in [0.15, 0.2) is 36.4 Å². The van der Waals surface area contributed by atoms with Crippen molar-refractivity contribution >= 4 is 28.3 Å². The summed E-state index contributed by atoms with van der Waals surface area (Å²) < 4.78 is 11.0. The molecule has 0 aliphatic carbocycles. The lowest BCUT2D eigenvalue weighted by Crippen LogP contribution is -2.29. The summed E-state index contributed by atoms with van der Waals surface area (Å²) >= 11 is 6.19. The first-order chi connectivity index (χ1) is 10.2. The molecule has 0 bridgehead atoms. The summed E-state index contributed by atoms with van der Waals surface area (Å²) in [6.07, 6.45) is 0.879. The van der Waals surface area contributed by atoms with Gasteiger partial charge in [-0.2, -0.15) is 0 Å².